The minimum Gasteiger partial charge on any atom is -0.508 e. The molecule has 9 saturated heterocycles. The van der Waals surface area contributed by atoms with E-state index in [1.54, 1.807) is 7.11 Å². The number of piperazine rings is 2. The zero-order chi connectivity index (χ0) is 67.6. The SMILES string of the molecule is C#Cc1c(F)ccc2cc(O)cc(-c3ncc4c(N5CC6CCC(CC7(OC)CC7)(C5)N6)nc(OC[C@@]56CCC(c7cc(F)c(C#C)c8c(-c9ncc%10c(N%11CC%12CCC(CC%13CCO%13)(C%11)N%12)nc(OC[C@@]%11%12CCCN%11C[C@H](F)C%12)nc%10c9F)cc(O)cc78)N5C[C@H](F)C6)nc4c3F)c12. The van der Waals surface area contributed by atoms with Gasteiger partial charge in [-0.3, -0.25) is 19.8 Å². The van der Waals surface area contributed by atoms with Gasteiger partial charge >= 0.3 is 12.0 Å². The molecule has 0 spiro atoms. The number of anilines is 2. The Morgan fingerprint density at radius 3 is 1.91 bits per heavy atom. The van der Waals surface area contributed by atoms with Gasteiger partial charge in [0.2, 0.25) is 0 Å². The third-order valence-corrected chi connectivity index (χ3v) is 24.0. The fourth-order valence-electron chi connectivity index (χ4n) is 19.4. The van der Waals surface area contributed by atoms with E-state index in [9.17, 15) is 10.2 Å². The number of alkyl halides is 2. The quantitative estimate of drug-likeness (QED) is 0.0527. The van der Waals surface area contributed by atoms with E-state index in [4.69, 9.17) is 56.7 Å². The molecule has 1 saturated carbocycles. The van der Waals surface area contributed by atoms with Gasteiger partial charge in [0, 0.05) is 129 Å². The molecule has 18 rings (SSSR count). The highest BCUT2D eigenvalue weighted by atomic mass is 19.2. The van der Waals surface area contributed by atoms with Crippen molar-refractivity contribution in [2.24, 2.45) is 0 Å². The number of ether oxygens (including phenoxy) is 4. The Kier molecular flexibility index (Phi) is 14.7. The molecule has 9 aliphatic heterocycles. The summed E-state index contributed by atoms with van der Waals surface area (Å²) in [5, 5.41) is 32.1. The molecule has 4 aromatic carbocycles. The van der Waals surface area contributed by atoms with Crippen molar-refractivity contribution in [3.63, 3.8) is 0 Å². The molecule has 10 aliphatic rings. The van der Waals surface area contributed by atoms with Gasteiger partial charge < -0.3 is 49.6 Å². The first-order valence-corrected chi connectivity index (χ1v) is 34.7. The second-order valence-electron chi connectivity index (χ2n) is 30.1. The van der Waals surface area contributed by atoms with Crippen LogP contribution in [0.25, 0.3) is 65.9 Å². The van der Waals surface area contributed by atoms with Crippen molar-refractivity contribution < 1.29 is 55.5 Å². The van der Waals surface area contributed by atoms with Crippen LogP contribution in [0.15, 0.2) is 54.9 Å². The van der Waals surface area contributed by atoms with E-state index in [1.165, 1.54) is 54.9 Å². The first-order valence-electron chi connectivity index (χ1n) is 34.7. The van der Waals surface area contributed by atoms with Crippen LogP contribution in [0.2, 0.25) is 0 Å². The first kappa shape index (κ1) is 62.9. The van der Waals surface area contributed by atoms with Crippen LogP contribution in [0.1, 0.15) is 119 Å². The Morgan fingerprint density at radius 1 is 0.657 bits per heavy atom. The van der Waals surface area contributed by atoms with E-state index in [0.717, 1.165) is 83.8 Å². The fourth-order valence-corrected chi connectivity index (χ4v) is 19.4. The van der Waals surface area contributed by atoms with Crippen LogP contribution in [0.5, 0.6) is 23.5 Å². The maximum absolute atomic E-state index is 18.3. The summed E-state index contributed by atoms with van der Waals surface area (Å²) < 4.78 is 126. The molecule has 13 heterocycles. The van der Waals surface area contributed by atoms with Gasteiger partial charge in [-0.05, 0) is 143 Å². The maximum atomic E-state index is 18.3. The van der Waals surface area contributed by atoms with E-state index < -0.39 is 52.7 Å². The van der Waals surface area contributed by atoms with Gasteiger partial charge in [-0.2, -0.15) is 19.9 Å². The van der Waals surface area contributed by atoms with Crippen molar-refractivity contribution in [2.75, 3.05) is 82.5 Å². The smallest absolute Gasteiger partial charge is 0.319 e. The number of aromatic nitrogens is 6. The summed E-state index contributed by atoms with van der Waals surface area (Å²) in [5.74, 6) is 1.84. The molecule has 10 fully saturated rings. The average molecular weight is 1350 g/mol. The Morgan fingerprint density at radius 2 is 1.26 bits per heavy atom. The number of benzene rings is 4. The molecule has 4 aromatic heterocycles. The van der Waals surface area contributed by atoms with E-state index in [-0.39, 0.29) is 151 Å². The minimum absolute atomic E-state index is 0.00446. The summed E-state index contributed by atoms with van der Waals surface area (Å²) in [6.07, 6.45) is 23.4. The molecule has 0 radical (unpaired) electrons. The molecule has 24 heteroatoms. The predicted octanol–water partition coefficient (Wildman–Crippen LogP) is 11.0. The molecule has 6 unspecified atom stereocenters. The predicted molar refractivity (Wildman–Crippen MR) is 359 cm³/mol. The van der Waals surface area contributed by atoms with Crippen molar-refractivity contribution in [2.45, 2.75) is 161 Å². The molecular formula is C75H74F6N12O6. The number of nitrogens with one attached hydrogen (secondary N) is 2. The first-order chi connectivity index (χ1) is 47.9. The number of methoxy groups -OCH3 is 1. The molecule has 4 bridgehead atoms. The minimum atomic E-state index is -1.38. The van der Waals surface area contributed by atoms with Gasteiger partial charge in [0.05, 0.1) is 44.7 Å². The van der Waals surface area contributed by atoms with E-state index >= 15 is 26.3 Å². The molecule has 512 valence electrons. The third-order valence-electron chi connectivity index (χ3n) is 24.0. The van der Waals surface area contributed by atoms with Crippen molar-refractivity contribution in [1.82, 2.24) is 50.3 Å². The lowest BCUT2D eigenvalue weighted by molar-refractivity contribution is -0.0677. The van der Waals surface area contributed by atoms with Gasteiger partial charge in [-0.1, -0.05) is 17.9 Å². The summed E-state index contributed by atoms with van der Waals surface area (Å²) in [6, 6.07) is 8.56. The Balaban J connectivity index is 0.711. The van der Waals surface area contributed by atoms with Crippen molar-refractivity contribution >= 4 is 55.0 Å². The standard InChI is InChI=1S/C75H74F6N12O6/c1-4-48-56(78)8-7-40-21-45(94)23-52(59(40)48)63-61(80)65-55(29-82-63)68(91-34-44-10-15-72(37-91,89-44)35-75(96-3)17-18-75)87-70(85-65)99-39-74-16-11-58(93(74)32-42(77)27-74)50-25-57(79)49(5-2)60-51(50)22-46(95)24-53(60)64-62(81)66-54(30-83-64)67(90-33-43-9-14-71(36-90,88-43)28-47-12-20-97-47)86-69(84-66)98-38-73-13-6-19-92(73)31-41(76)26-73/h1-2,7-8,21-25,29-30,41-44,47,58,88-89,94-95H,6,9-20,26-28,31-39H2,3H3/t41-,42-,43?,44?,47?,58?,71?,72?,73+,74+/m1/s1. The van der Waals surface area contributed by atoms with E-state index in [1.807, 2.05) is 4.90 Å². The maximum Gasteiger partial charge on any atom is 0.319 e. The van der Waals surface area contributed by atoms with Crippen LogP contribution < -0.4 is 29.9 Å². The van der Waals surface area contributed by atoms with Crippen LogP contribution in [0, 0.1) is 48.0 Å². The highest BCUT2D eigenvalue weighted by Gasteiger charge is 2.57. The lowest BCUT2D eigenvalue weighted by atomic mass is 9.87. The molecular weight excluding hydrogens is 1280 g/mol. The van der Waals surface area contributed by atoms with E-state index in [0.29, 0.717) is 80.0 Å². The number of phenolic OH excluding ortho intramolecular Hbond substituents is 2. The van der Waals surface area contributed by atoms with Crippen LogP contribution in [-0.2, 0) is 9.47 Å². The van der Waals surface area contributed by atoms with E-state index in [2.05, 4.69) is 42.2 Å². The number of hydrogen-bond acceptors (Lipinski definition) is 18. The normalized spacial score (nSPS) is 29.8. The lowest BCUT2D eigenvalue weighted by Crippen LogP contribution is -2.61. The number of nitrogens with zero attached hydrogens (tertiary/aromatic N) is 10. The average Bonchev–Trinajstić information content (AvgIpc) is 1.72. The van der Waals surface area contributed by atoms with Crippen molar-refractivity contribution in [1.29, 1.82) is 0 Å². The molecule has 1 aliphatic carbocycles. The number of terminal acetylenes is 2. The molecule has 4 N–H and O–H groups in total. The summed E-state index contributed by atoms with van der Waals surface area (Å²) in [6.45, 7) is 3.68. The number of aromatic hydroxyl groups is 2. The summed E-state index contributed by atoms with van der Waals surface area (Å²) in [5.41, 5.74) is -3.32. The number of rotatable bonds is 16. The summed E-state index contributed by atoms with van der Waals surface area (Å²) in [7, 11) is 1.74. The van der Waals surface area contributed by atoms with Gasteiger partial charge in [0.25, 0.3) is 0 Å². The topological polar surface area (TPSA) is 192 Å². The van der Waals surface area contributed by atoms with Crippen LogP contribution >= 0.6 is 0 Å². The Labute approximate surface area is 567 Å². The Hall–Kier alpha value is -8.36. The van der Waals surface area contributed by atoms with Crippen molar-refractivity contribution in [3.05, 3.63) is 94.8 Å². The number of fused-ring (bicyclic) bond motifs is 10. The van der Waals surface area contributed by atoms with Crippen LogP contribution in [0.3, 0.4) is 0 Å². The molecule has 99 heavy (non-hydrogen) atoms. The zero-order valence-electron chi connectivity index (χ0n) is 54.8. The van der Waals surface area contributed by atoms with Gasteiger partial charge in [-0.15, -0.1) is 12.8 Å². The second kappa shape index (κ2) is 23.1. The summed E-state index contributed by atoms with van der Waals surface area (Å²) in [4.78, 5) is 37.4. The molecule has 18 nitrogen and oxygen atoms in total. The van der Waals surface area contributed by atoms with Crippen LogP contribution in [0.4, 0.5) is 38.0 Å². The third kappa shape index (κ3) is 10.3. The molecule has 0 amide bonds. The number of phenols is 2. The monoisotopic (exact) mass is 1350 g/mol. The zero-order valence-corrected chi connectivity index (χ0v) is 54.8. The van der Waals surface area contributed by atoms with Gasteiger partial charge in [0.1, 0.15) is 82.7 Å². The largest absolute Gasteiger partial charge is 0.508 e. The summed E-state index contributed by atoms with van der Waals surface area (Å²) >= 11 is 0. The fraction of sp³-hybridized carbons (Fsp3) is 0.493. The molecule has 10 atom stereocenters. The second-order valence-corrected chi connectivity index (χ2v) is 30.1. The highest BCUT2D eigenvalue weighted by molar-refractivity contribution is 6.05. The lowest BCUT2D eigenvalue weighted by Gasteiger charge is -2.45. The number of pyridine rings is 2. The number of halogens is 6. The van der Waals surface area contributed by atoms with Gasteiger partial charge in [0.15, 0.2) is 11.6 Å². The van der Waals surface area contributed by atoms with Crippen molar-refractivity contribution in [3.8, 4) is 70.7 Å². The molecule has 8 aromatic rings. The highest BCUT2D eigenvalue weighted by Crippen LogP contribution is 2.54. The van der Waals surface area contributed by atoms with Gasteiger partial charge in [-0.25, -0.2) is 26.3 Å². The number of hydrogen-bond donors (Lipinski definition) is 4. The Bertz CT molecular complexity index is 4800. The van der Waals surface area contributed by atoms with Crippen LogP contribution in [-0.4, -0.2) is 181 Å².